The highest BCUT2D eigenvalue weighted by Crippen LogP contribution is 2.48. The van der Waals surface area contributed by atoms with Crippen LogP contribution in [0.2, 0.25) is 0 Å². The van der Waals surface area contributed by atoms with Crippen LogP contribution in [0, 0.1) is 17.9 Å². The lowest BCUT2D eigenvalue weighted by Gasteiger charge is -2.11. The van der Waals surface area contributed by atoms with Crippen molar-refractivity contribution in [3.05, 3.63) is 124 Å². The highest BCUT2D eigenvalue weighted by molar-refractivity contribution is 6.05. The normalized spacial score (nSPS) is 12.4. The molecule has 0 aliphatic heterocycles. The van der Waals surface area contributed by atoms with E-state index in [0.29, 0.717) is 44.5 Å². The van der Waals surface area contributed by atoms with Crippen LogP contribution in [-0.4, -0.2) is 0 Å². The van der Waals surface area contributed by atoms with E-state index in [1.807, 2.05) is 6.07 Å². The van der Waals surface area contributed by atoms with Gasteiger partial charge in [0.15, 0.2) is 0 Å². The fraction of sp³-hybridized carbons (Fsp3) is 0.0667. The number of alkyl halides is 6. The second-order valence-corrected chi connectivity index (χ2v) is 8.63. The molecule has 0 atom stereocenters. The average Bonchev–Trinajstić information content (AvgIpc) is 3.21. The third-order valence-electron chi connectivity index (χ3n) is 6.37. The Morgan fingerprint density at radius 3 is 1.39 bits per heavy atom. The largest absolute Gasteiger partial charge is 0.416 e. The third-order valence-corrected chi connectivity index (χ3v) is 6.37. The monoisotopic (exact) mass is 516 g/mol. The van der Waals surface area contributed by atoms with Crippen molar-refractivity contribution in [1.29, 1.82) is 5.26 Å². The molecule has 0 aromatic heterocycles. The van der Waals surface area contributed by atoms with E-state index >= 15 is 0 Å². The van der Waals surface area contributed by atoms with Crippen molar-refractivity contribution in [2.24, 2.45) is 0 Å². The van der Waals surface area contributed by atoms with Gasteiger partial charge >= 0.3 is 12.4 Å². The molecule has 186 valence electrons. The number of nitriles is 1. The quantitative estimate of drug-likeness (QED) is 0.131. The minimum atomic E-state index is -4.52. The summed E-state index contributed by atoms with van der Waals surface area (Å²) in [7, 11) is 0. The Morgan fingerprint density at radius 1 is 0.605 bits per heavy atom. The van der Waals surface area contributed by atoms with Crippen LogP contribution in [0.15, 0.2) is 90.6 Å². The highest BCUT2D eigenvalue weighted by Gasteiger charge is 2.32. The molecule has 4 aromatic rings. The molecule has 0 amide bonds. The van der Waals surface area contributed by atoms with Crippen LogP contribution in [0.25, 0.3) is 43.8 Å². The molecule has 0 radical (unpaired) electrons. The van der Waals surface area contributed by atoms with Gasteiger partial charge in [0.25, 0.3) is 5.70 Å². The van der Waals surface area contributed by atoms with Crippen LogP contribution < -0.4 is 0 Å². The number of fused-ring (bicyclic) bond motifs is 3. The number of rotatable bonds is 2. The van der Waals surface area contributed by atoms with E-state index < -0.39 is 23.5 Å². The van der Waals surface area contributed by atoms with E-state index in [1.165, 1.54) is 24.3 Å². The first-order chi connectivity index (χ1) is 18.0. The van der Waals surface area contributed by atoms with E-state index in [2.05, 4.69) is 4.85 Å². The van der Waals surface area contributed by atoms with Gasteiger partial charge < -0.3 is 0 Å². The molecule has 0 heterocycles. The lowest BCUT2D eigenvalue weighted by Crippen LogP contribution is -2.04. The molecule has 0 saturated heterocycles. The third kappa shape index (κ3) is 4.31. The highest BCUT2D eigenvalue weighted by atomic mass is 19.4. The second kappa shape index (κ2) is 8.93. The van der Waals surface area contributed by atoms with E-state index in [0.717, 1.165) is 24.3 Å². The molecule has 0 saturated carbocycles. The Kier molecular flexibility index (Phi) is 5.84. The maximum absolute atomic E-state index is 13.3. The summed E-state index contributed by atoms with van der Waals surface area (Å²) >= 11 is 0. The molecule has 4 aromatic carbocycles. The molecule has 1 aliphatic carbocycles. The van der Waals surface area contributed by atoms with Gasteiger partial charge in [0.2, 0.25) is 0 Å². The number of nitrogens with zero attached hydrogens (tertiary/aromatic N) is 2. The number of benzene rings is 4. The topological polar surface area (TPSA) is 28.1 Å². The zero-order valence-electron chi connectivity index (χ0n) is 19.2. The summed E-state index contributed by atoms with van der Waals surface area (Å²) in [6, 6.07) is 21.6. The van der Waals surface area contributed by atoms with E-state index in [9.17, 15) is 31.6 Å². The van der Waals surface area contributed by atoms with Crippen LogP contribution in [0.5, 0.6) is 0 Å². The molecular formula is C30H14F6N2. The summed E-state index contributed by atoms with van der Waals surface area (Å²) < 4.78 is 79.6. The zero-order valence-corrected chi connectivity index (χ0v) is 19.2. The number of hydrogen-bond acceptors (Lipinski definition) is 1. The predicted molar refractivity (Wildman–Crippen MR) is 131 cm³/mol. The Labute approximate surface area is 213 Å². The van der Waals surface area contributed by atoms with Crippen LogP contribution in [-0.2, 0) is 12.4 Å². The Bertz CT molecular complexity index is 1590. The maximum atomic E-state index is 13.3. The molecule has 38 heavy (non-hydrogen) atoms. The maximum Gasteiger partial charge on any atom is 0.416 e. The Balaban J connectivity index is 1.68. The van der Waals surface area contributed by atoms with Crippen molar-refractivity contribution < 1.29 is 26.3 Å². The first-order valence-corrected chi connectivity index (χ1v) is 11.2. The van der Waals surface area contributed by atoms with Gasteiger partial charge in [-0.2, -0.15) is 26.3 Å². The van der Waals surface area contributed by atoms with Crippen molar-refractivity contribution in [1.82, 2.24) is 0 Å². The first-order valence-electron chi connectivity index (χ1n) is 11.2. The summed E-state index contributed by atoms with van der Waals surface area (Å²) in [4.78, 5) is 3.35. The average molecular weight is 516 g/mol. The number of allylic oxidation sites excluding steroid dienone is 1. The van der Waals surface area contributed by atoms with Crippen molar-refractivity contribution in [3.8, 4) is 39.4 Å². The molecule has 0 N–H and O–H groups in total. The smallest absolute Gasteiger partial charge is 0.226 e. The van der Waals surface area contributed by atoms with Gasteiger partial charge in [-0.05, 0) is 80.9 Å². The van der Waals surface area contributed by atoms with Gasteiger partial charge in [-0.25, -0.2) is 10.1 Å². The second-order valence-electron chi connectivity index (χ2n) is 8.63. The minimum Gasteiger partial charge on any atom is -0.226 e. The summed E-state index contributed by atoms with van der Waals surface area (Å²) in [5.41, 5.74) is 2.29. The van der Waals surface area contributed by atoms with Crippen LogP contribution >= 0.6 is 0 Å². The minimum absolute atomic E-state index is 0.229. The van der Waals surface area contributed by atoms with Gasteiger partial charge in [0.05, 0.1) is 23.8 Å². The summed E-state index contributed by atoms with van der Waals surface area (Å²) in [6.45, 7) is 7.53. The van der Waals surface area contributed by atoms with Crippen LogP contribution in [0.1, 0.15) is 22.3 Å². The Hall–Kier alpha value is -4.82. The number of halogens is 6. The first kappa shape index (κ1) is 24.9. The SMILES string of the molecule is [C-]#[N+]C(C#N)=C1c2cc(-c3cccc(C(F)(F)F)c3)ccc2-c2ccc(-c3cccc(C(F)(F)F)c3)cc21. The standard InChI is InChI=1S/C30H14F6N2/c1-38-27(16-37)28-25-14-19(17-4-2-6-21(12-17)29(31,32)33)8-10-23(25)24-11-9-20(15-26(24)28)18-5-3-7-22(13-18)30(34,35)36/h2-15H. The van der Waals surface area contributed by atoms with Gasteiger partial charge in [-0.3, -0.25) is 0 Å². The molecule has 1 aliphatic rings. The Morgan fingerprint density at radius 2 is 1.03 bits per heavy atom. The summed E-state index contributed by atoms with van der Waals surface area (Å²) in [5, 5.41) is 9.69. The van der Waals surface area contributed by atoms with Crippen molar-refractivity contribution in [2.75, 3.05) is 0 Å². The summed E-state index contributed by atoms with van der Waals surface area (Å²) in [5.74, 6) is 0. The van der Waals surface area contributed by atoms with Gasteiger partial charge in [0.1, 0.15) is 0 Å². The van der Waals surface area contributed by atoms with Crippen LogP contribution in [0.3, 0.4) is 0 Å². The molecule has 0 spiro atoms. The van der Waals surface area contributed by atoms with Gasteiger partial charge in [-0.1, -0.05) is 48.5 Å². The van der Waals surface area contributed by atoms with Crippen molar-refractivity contribution in [3.63, 3.8) is 0 Å². The predicted octanol–water partition coefficient (Wildman–Crippen LogP) is 9.24. The van der Waals surface area contributed by atoms with E-state index in [1.54, 1.807) is 36.4 Å². The molecule has 0 unspecified atom stereocenters. The number of hydrogen-bond donors (Lipinski definition) is 0. The fourth-order valence-corrected chi connectivity index (χ4v) is 4.62. The van der Waals surface area contributed by atoms with E-state index in [4.69, 9.17) is 6.57 Å². The van der Waals surface area contributed by atoms with Crippen molar-refractivity contribution >= 4 is 5.57 Å². The molecule has 8 heteroatoms. The summed E-state index contributed by atoms with van der Waals surface area (Å²) in [6.07, 6.45) is -9.04. The van der Waals surface area contributed by atoms with Crippen LogP contribution in [0.4, 0.5) is 26.3 Å². The van der Waals surface area contributed by atoms with Gasteiger partial charge in [0, 0.05) is 5.57 Å². The molecular weight excluding hydrogens is 502 g/mol. The molecule has 0 bridgehead atoms. The van der Waals surface area contributed by atoms with Crippen molar-refractivity contribution in [2.45, 2.75) is 12.4 Å². The zero-order chi connectivity index (χ0) is 27.2. The lowest BCUT2D eigenvalue weighted by atomic mass is 9.95. The van der Waals surface area contributed by atoms with E-state index in [-0.39, 0.29) is 11.3 Å². The lowest BCUT2D eigenvalue weighted by molar-refractivity contribution is -0.138. The van der Waals surface area contributed by atoms with Gasteiger partial charge in [-0.15, -0.1) is 0 Å². The molecule has 2 nitrogen and oxygen atoms in total. The molecule has 0 fully saturated rings. The fourth-order valence-electron chi connectivity index (χ4n) is 4.62. The molecule has 5 rings (SSSR count).